The van der Waals surface area contributed by atoms with Gasteiger partial charge in [-0.15, -0.1) is 0 Å². The summed E-state index contributed by atoms with van der Waals surface area (Å²) < 4.78 is 5.23. The lowest BCUT2D eigenvalue weighted by molar-refractivity contribution is -0.117. The molecule has 2 aliphatic rings. The molecule has 2 fully saturated rings. The first-order valence-corrected chi connectivity index (χ1v) is 12.1. The summed E-state index contributed by atoms with van der Waals surface area (Å²) in [4.78, 5) is 31.1. The van der Waals surface area contributed by atoms with Crippen molar-refractivity contribution in [3.63, 3.8) is 0 Å². The van der Waals surface area contributed by atoms with Crippen molar-refractivity contribution in [1.29, 1.82) is 0 Å². The van der Waals surface area contributed by atoms with E-state index in [-0.39, 0.29) is 18.0 Å². The minimum absolute atomic E-state index is 0.00130. The van der Waals surface area contributed by atoms with Gasteiger partial charge in [-0.25, -0.2) is 4.79 Å². The maximum Gasteiger partial charge on any atom is 0.315 e. The molecule has 0 bridgehead atoms. The van der Waals surface area contributed by atoms with E-state index < -0.39 is 0 Å². The summed E-state index contributed by atoms with van der Waals surface area (Å²) >= 11 is 5.93. The molecule has 0 spiro atoms. The van der Waals surface area contributed by atoms with Crippen LogP contribution in [0, 0.1) is 0 Å². The third kappa shape index (κ3) is 6.33. The van der Waals surface area contributed by atoms with Crippen molar-refractivity contribution in [1.82, 2.24) is 15.5 Å². The number of halogens is 1. The third-order valence-electron chi connectivity index (χ3n) is 6.35. The second-order valence-corrected chi connectivity index (χ2v) is 9.10. The highest BCUT2D eigenvalue weighted by Gasteiger charge is 2.31. The smallest absolute Gasteiger partial charge is 0.315 e. The number of nitrogens with zero attached hydrogens (tertiary/aromatic N) is 3. The lowest BCUT2D eigenvalue weighted by Gasteiger charge is -2.36. The Morgan fingerprint density at radius 2 is 1.71 bits per heavy atom. The van der Waals surface area contributed by atoms with Crippen molar-refractivity contribution >= 4 is 34.9 Å². The number of hydrogen-bond acceptors (Lipinski definition) is 5. The van der Waals surface area contributed by atoms with E-state index in [0.717, 1.165) is 50.6 Å². The summed E-state index contributed by atoms with van der Waals surface area (Å²) in [5.41, 5.74) is 2.02. The summed E-state index contributed by atoms with van der Waals surface area (Å²) in [5, 5.41) is 6.48. The van der Waals surface area contributed by atoms with Gasteiger partial charge in [-0.1, -0.05) is 11.6 Å². The fourth-order valence-corrected chi connectivity index (χ4v) is 4.56. The minimum atomic E-state index is -0.222. The lowest BCUT2D eigenvalue weighted by atomic mass is 10.2. The van der Waals surface area contributed by atoms with E-state index in [1.807, 2.05) is 24.3 Å². The summed E-state index contributed by atoms with van der Waals surface area (Å²) in [7, 11) is 1.68. The molecule has 0 aromatic heterocycles. The number of urea groups is 1. The van der Waals surface area contributed by atoms with Gasteiger partial charge in [-0.3, -0.25) is 9.69 Å². The maximum absolute atomic E-state index is 12.3. The second-order valence-electron chi connectivity index (χ2n) is 8.66. The van der Waals surface area contributed by atoms with Crippen LogP contribution in [-0.2, 0) is 4.79 Å². The zero-order chi connectivity index (χ0) is 23.9. The van der Waals surface area contributed by atoms with Crippen LogP contribution in [0.4, 0.5) is 16.2 Å². The second kappa shape index (κ2) is 11.4. The van der Waals surface area contributed by atoms with Crippen LogP contribution in [0.1, 0.15) is 12.8 Å². The lowest BCUT2D eigenvalue weighted by Crippen LogP contribution is -2.47. The number of piperazine rings is 1. The molecular weight excluding hydrogens is 454 g/mol. The molecule has 34 heavy (non-hydrogen) atoms. The van der Waals surface area contributed by atoms with Crippen molar-refractivity contribution < 1.29 is 14.3 Å². The molecule has 2 N–H and O–H groups in total. The van der Waals surface area contributed by atoms with E-state index in [4.69, 9.17) is 16.3 Å². The first-order valence-electron chi connectivity index (χ1n) is 11.7. The molecule has 2 heterocycles. The predicted octanol–water partition coefficient (Wildman–Crippen LogP) is 2.97. The maximum atomic E-state index is 12.3. The molecule has 9 heteroatoms. The molecular formula is C25H32ClN5O3. The number of carbonyl (C=O) groups is 2. The van der Waals surface area contributed by atoms with Gasteiger partial charge in [0, 0.05) is 62.1 Å². The standard InChI is InChI=1S/C25H32ClN5O3/c1-34-23-9-7-21(8-10-23)30-15-13-29(14-16-30)12-2-11-27-25(33)28-20-17-24(32)31(18-20)22-5-3-19(26)4-6-22/h3-10,20H,2,11-18H2,1H3,(H2,27,28,33). The Labute approximate surface area is 205 Å². The topological polar surface area (TPSA) is 77.1 Å². The molecule has 0 radical (unpaired) electrons. The van der Waals surface area contributed by atoms with Gasteiger partial charge in [-0.2, -0.15) is 0 Å². The molecule has 8 nitrogen and oxygen atoms in total. The number of anilines is 2. The van der Waals surface area contributed by atoms with E-state index in [9.17, 15) is 9.59 Å². The average molecular weight is 486 g/mol. The minimum Gasteiger partial charge on any atom is -0.497 e. The van der Waals surface area contributed by atoms with Crippen LogP contribution < -0.4 is 25.2 Å². The van der Waals surface area contributed by atoms with Gasteiger partial charge in [0.2, 0.25) is 5.91 Å². The molecule has 2 saturated heterocycles. The van der Waals surface area contributed by atoms with Crippen molar-refractivity contribution in [3.05, 3.63) is 53.6 Å². The quantitative estimate of drug-likeness (QED) is 0.562. The van der Waals surface area contributed by atoms with Gasteiger partial charge in [-0.05, 0) is 61.5 Å². The molecule has 0 aliphatic carbocycles. The van der Waals surface area contributed by atoms with Gasteiger partial charge in [0.15, 0.2) is 0 Å². The number of carbonyl (C=O) groups excluding carboxylic acids is 2. The molecule has 4 rings (SSSR count). The average Bonchev–Trinajstić information content (AvgIpc) is 3.22. The first kappa shape index (κ1) is 24.2. The summed E-state index contributed by atoms with van der Waals surface area (Å²) in [5.74, 6) is 0.874. The number of ether oxygens (including phenoxy) is 1. The molecule has 0 saturated carbocycles. The van der Waals surface area contributed by atoms with Gasteiger partial charge in [0.05, 0.1) is 13.2 Å². The van der Waals surface area contributed by atoms with E-state index in [1.165, 1.54) is 5.69 Å². The van der Waals surface area contributed by atoms with Crippen molar-refractivity contribution in [2.75, 3.05) is 62.7 Å². The molecule has 2 aliphatic heterocycles. The Morgan fingerprint density at radius 1 is 1.03 bits per heavy atom. The van der Waals surface area contributed by atoms with Crippen molar-refractivity contribution in [2.45, 2.75) is 18.9 Å². The summed E-state index contributed by atoms with van der Waals surface area (Å²) in [6, 6.07) is 14.9. The summed E-state index contributed by atoms with van der Waals surface area (Å²) in [6.07, 6.45) is 1.19. The van der Waals surface area contributed by atoms with Crippen LogP contribution in [0.3, 0.4) is 0 Å². The number of methoxy groups -OCH3 is 1. The Morgan fingerprint density at radius 3 is 2.38 bits per heavy atom. The molecule has 1 atom stereocenters. The molecule has 2 aromatic carbocycles. The van der Waals surface area contributed by atoms with E-state index >= 15 is 0 Å². The zero-order valence-electron chi connectivity index (χ0n) is 19.5. The molecule has 1 unspecified atom stereocenters. The number of rotatable bonds is 8. The van der Waals surface area contributed by atoms with Crippen LogP contribution >= 0.6 is 11.6 Å². The van der Waals surface area contributed by atoms with Gasteiger partial charge in [0.1, 0.15) is 5.75 Å². The monoisotopic (exact) mass is 485 g/mol. The third-order valence-corrected chi connectivity index (χ3v) is 6.60. The number of amides is 3. The van der Waals surface area contributed by atoms with Crippen molar-refractivity contribution in [2.24, 2.45) is 0 Å². The van der Waals surface area contributed by atoms with Crippen LogP contribution in [0.15, 0.2) is 48.5 Å². The first-order chi connectivity index (χ1) is 16.5. The Bertz CT molecular complexity index is 962. The van der Waals surface area contributed by atoms with Crippen LogP contribution in [-0.4, -0.2) is 75.8 Å². The normalized spacial score (nSPS) is 18.8. The van der Waals surface area contributed by atoms with Crippen LogP contribution in [0.5, 0.6) is 5.75 Å². The molecule has 3 amide bonds. The SMILES string of the molecule is COc1ccc(N2CCN(CCCNC(=O)NC3CC(=O)N(c4ccc(Cl)cc4)C3)CC2)cc1. The Hall–Kier alpha value is -2.97. The van der Waals surface area contributed by atoms with E-state index in [2.05, 4.69) is 32.6 Å². The van der Waals surface area contributed by atoms with Crippen molar-refractivity contribution in [3.8, 4) is 5.75 Å². The van der Waals surface area contributed by atoms with Gasteiger partial charge < -0.3 is 25.2 Å². The number of hydrogen-bond donors (Lipinski definition) is 2. The fourth-order valence-electron chi connectivity index (χ4n) is 4.44. The zero-order valence-corrected chi connectivity index (χ0v) is 20.3. The summed E-state index contributed by atoms with van der Waals surface area (Å²) in [6.45, 7) is 5.99. The van der Waals surface area contributed by atoms with Gasteiger partial charge >= 0.3 is 6.03 Å². The highest BCUT2D eigenvalue weighted by atomic mass is 35.5. The Kier molecular flexibility index (Phi) is 8.13. The fraction of sp³-hybridized carbons (Fsp3) is 0.440. The van der Waals surface area contributed by atoms with Gasteiger partial charge in [0.25, 0.3) is 0 Å². The van der Waals surface area contributed by atoms with Crippen LogP contribution in [0.2, 0.25) is 5.02 Å². The molecule has 2 aromatic rings. The number of benzene rings is 2. The molecule has 182 valence electrons. The highest BCUT2D eigenvalue weighted by molar-refractivity contribution is 6.30. The predicted molar refractivity (Wildman–Crippen MR) is 135 cm³/mol. The van der Waals surface area contributed by atoms with E-state index in [0.29, 0.717) is 24.5 Å². The van der Waals surface area contributed by atoms with E-state index in [1.54, 1.807) is 24.1 Å². The Balaban J connectivity index is 1.11. The number of nitrogens with one attached hydrogen (secondary N) is 2. The largest absolute Gasteiger partial charge is 0.497 e. The van der Waals surface area contributed by atoms with Crippen LogP contribution in [0.25, 0.3) is 0 Å². The highest BCUT2D eigenvalue weighted by Crippen LogP contribution is 2.23.